The average molecular weight is 253 g/mol. The van der Waals surface area contributed by atoms with Crippen molar-refractivity contribution in [1.29, 1.82) is 5.26 Å². The molecule has 1 aromatic rings. The number of ether oxygens (including phenoxy) is 1. The molecule has 0 N–H and O–H groups in total. The lowest BCUT2D eigenvalue weighted by Gasteiger charge is -2.17. The number of nitrogens with zero attached hydrogens (tertiary/aromatic N) is 2. The SMILES string of the molecule is CCOC(=O)c1cnc(Cl)c(C(C)(C)C#N)c1. The van der Waals surface area contributed by atoms with Gasteiger partial charge in [0.15, 0.2) is 0 Å². The Labute approximate surface area is 105 Å². The van der Waals surface area contributed by atoms with Crippen LogP contribution in [0.5, 0.6) is 0 Å². The minimum atomic E-state index is -0.799. The average Bonchev–Trinajstić information content (AvgIpc) is 2.29. The van der Waals surface area contributed by atoms with E-state index in [1.165, 1.54) is 6.20 Å². The maximum absolute atomic E-state index is 11.5. The quantitative estimate of drug-likeness (QED) is 0.613. The second kappa shape index (κ2) is 5.15. The molecule has 0 fully saturated rings. The fourth-order valence-corrected chi connectivity index (χ4v) is 1.61. The van der Waals surface area contributed by atoms with Gasteiger partial charge in [-0.15, -0.1) is 0 Å². The molecule has 0 saturated carbocycles. The monoisotopic (exact) mass is 252 g/mol. The zero-order chi connectivity index (χ0) is 13.1. The minimum absolute atomic E-state index is 0.226. The summed E-state index contributed by atoms with van der Waals surface area (Å²) in [5, 5.41) is 9.28. The first-order valence-electron chi connectivity index (χ1n) is 5.16. The molecule has 1 heterocycles. The molecule has 0 aliphatic carbocycles. The molecule has 0 bridgehead atoms. The third-order valence-corrected chi connectivity index (χ3v) is 2.60. The van der Waals surface area contributed by atoms with Crippen LogP contribution >= 0.6 is 11.6 Å². The van der Waals surface area contributed by atoms with Gasteiger partial charge in [-0.25, -0.2) is 9.78 Å². The van der Waals surface area contributed by atoms with Crippen molar-refractivity contribution in [1.82, 2.24) is 4.98 Å². The highest BCUT2D eigenvalue weighted by molar-refractivity contribution is 6.30. The van der Waals surface area contributed by atoms with Gasteiger partial charge in [-0.1, -0.05) is 11.6 Å². The number of pyridine rings is 1. The van der Waals surface area contributed by atoms with Crippen molar-refractivity contribution in [3.05, 3.63) is 28.5 Å². The zero-order valence-corrected chi connectivity index (χ0v) is 10.7. The number of carbonyl (C=O) groups excluding carboxylic acids is 1. The molecule has 0 aliphatic heterocycles. The summed E-state index contributed by atoms with van der Waals surface area (Å²) in [5.74, 6) is -0.466. The van der Waals surface area contributed by atoms with E-state index in [4.69, 9.17) is 21.6 Å². The van der Waals surface area contributed by atoms with E-state index in [2.05, 4.69) is 11.1 Å². The van der Waals surface area contributed by atoms with E-state index >= 15 is 0 Å². The number of nitriles is 1. The van der Waals surface area contributed by atoms with E-state index in [0.717, 1.165) is 0 Å². The summed E-state index contributed by atoms with van der Waals surface area (Å²) in [6.07, 6.45) is 1.34. The minimum Gasteiger partial charge on any atom is -0.462 e. The smallest absolute Gasteiger partial charge is 0.339 e. The van der Waals surface area contributed by atoms with Crippen LogP contribution < -0.4 is 0 Å². The Morgan fingerprint density at radius 3 is 2.82 bits per heavy atom. The Morgan fingerprint density at radius 2 is 2.29 bits per heavy atom. The summed E-state index contributed by atoms with van der Waals surface area (Å²) in [5.41, 5.74) is 0.0221. The van der Waals surface area contributed by atoms with E-state index in [0.29, 0.717) is 17.7 Å². The van der Waals surface area contributed by atoms with Crippen LogP contribution in [0.25, 0.3) is 0 Å². The summed E-state index contributed by atoms with van der Waals surface area (Å²) in [6, 6.07) is 3.67. The fourth-order valence-electron chi connectivity index (χ4n) is 1.27. The van der Waals surface area contributed by atoms with Crippen LogP contribution in [-0.4, -0.2) is 17.6 Å². The Hall–Kier alpha value is -1.60. The van der Waals surface area contributed by atoms with Gasteiger partial charge in [0.1, 0.15) is 5.15 Å². The van der Waals surface area contributed by atoms with Crippen LogP contribution in [0.4, 0.5) is 0 Å². The normalized spacial score (nSPS) is 10.8. The predicted molar refractivity (Wildman–Crippen MR) is 63.8 cm³/mol. The van der Waals surface area contributed by atoms with E-state index in [-0.39, 0.29) is 5.15 Å². The molecule has 5 heteroatoms. The van der Waals surface area contributed by atoms with Gasteiger partial charge in [0.2, 0.25) is 0 Å². The first-order chi connectivity index (χ1) is 7.92. The molecule has 0 aliphatic rings. The van der Waals surface area contributed by atoms with E-state index in [9.17, 15) is 4.79 Å². The summed E-state index contributed by atoms with van der Waals surface area (Å²) < 4.78 is 4.86. The van der Waals surface area contributed by atoms with Crippen LogP contribution in [0, 0.1) is 11.3 Å². The van der Waals surface area contributed by atoms with E-state index in [1.807, 2.05) is 0 Å². The number of halogens is 1. The van der Waals surface area contributed by atoms with Gasteiger partial charge in [-0.2, -0.15) is 5.26 Å². The summed E-state index contributed by atoms with van der Waals surface area (Å²) in [6.45, 7) is 5.44. The molecule has 0 radical (unpaired) electrons. The van der Waals surface area contributed by atoms with E-state index in [1.54, 1.807) is 26.8 Å². The maximum Gasteiger partial charge on any atom is 0.339 e. The number of carbonyl (C=O) groups is 1. The third-order valence-electron chi connectivity index (χ3n) is 2.30. The van der Waals surface area contributed by atoms with Gasteiger partial charge < -0.3 is 4.74 Å². The van der Waals surface area contributed by atoms with Gasteiger partial charge in [0.05, 0.1) is 23.7 Å². The maximum atomic E-state index is 11.5. The van der Waals surface area contributed by atoms with Crippen LogP contribution in [-0.2, 0) is 10.2 Å². The molecule has 0 unspecified atom stereocenters. The van der Waals surface area contributed by atoms with Crippen LogP contribution in [0.1, 0.15) is 36.7 Å². The van der Waals surface area contributed by atoms with Crippen molar-refractivity contribution in [3.63, 3.8) is 0 Å². The van der Waals surface area contributed by atoms with Crippen molar-refractivity contribution in [2.24, 2.45) is 0 Å². The van der Waals surface area contributed by atoms with Gasteiger partial charge in [-0.05, 0) is 26.8 Å². The zero-order valence-electron chi connectivity index (χ0n) is 9.95. The van der Waals surface area contributed by atoms with E-state index < -0.39 is 11.4 Å². The number of rotatable bonds is 3. The molecule has 0 atom stereocenters. The third kappa shape index (κ3) is 2.95. The Bertz CT molecular complexity index is 478. The molecular formula is C12H13ClN2O2. The standard InChI is InChI=1S/C12H13ClN2O2/c1-4-17-11(16)8-5-9(10(13)15-6-8)12(2,3)7-14/h5-6H,4H2,1-3H3. The lowest BCUT2D eigenvalue weighted by atomic mass is 9.87. The molecule has 0 spiro atoms. The number of esters is 1. The molecule has 17 heavy (non-hydrogen) atoms. The van der Waals surface area contributed by atoms with Gasteiger partial charge in [0, 0.05) is 11.8 Å². The Morgan fingerprint density at radius 1 is 1.65 bits per heavy atom. The lowest BCUT2D eigenvalue weighted by Crippen LogP contribution is -2.17. The highest BCUT2D eigenvalue weighted by Crippen LogP contribution is 2.28. The summed E-state index contributed by atoms with van der Waals surface area (Å²) in [7, 11) is 0. The lowest BCUT2D eigenvalue weighted by molar-refractivity contribution is 0.0525. The van der Waals surface area contributed by atoms with Gasteiger partial charge in [-0.3, -0.25) is 0 Å². The second-order valence-corrected chi connectivity index (χ2v) is 4.38. The molecular weight excluding hydrogens is 240 g/mol. The molecule has 1 aromatic heterocycles. The largest absolute Gasteiger partial charge is 0.462 e. The van der Waals surface area contributed by atoms with Crippen LogP contribution in [0.15, 0.2) is 12.3 Å². The molecule has 90 valence electrons. The van der Waals surface area contributed by atoms with Crippen molar-refractivity contribution in [2.45, 2.75) is 26.2 Å². The number of hydrogen-bond acceptors (Lipinski definition) is 4. The molecule has 0 saturated heterocycles. The topological polar surface area (TPSA) is 63.0 Å². The fraction of sp³-hybridized carbons (Fsp3) is 0.417. The highest BCUT2D eigenvalue weighted by Gasteiger charge is 2.25. The molecule has 4 nitrogen and oxygen atoms in total. The predicted octanol–water partition coefficient (Wildman–Crippen LogP) is 2.71. The summed E-state index contributed by atoms with van der Waals surface area (Å²) >= 11 is 5.93. The van der Waals surface area contributed by atoms with Gasteiger partial charge >= 0.3 is 5.97 Å². The van der Waals surface area contributed by atoms with Crippen LogP contribution in [0.2, 0.25) is 5.15 Å². The summed E-state index contributed by atoms with van der Waals surface area (Å²) in [4.78, 5) is 15.4. The number of aromatic nitrogens is 1. The van der Waals surface area contributed by atoms with Crippen LogP contribution in [0.3, 0.4) is 0 Å². The van der Waals surface area contributed by atoms with Crippen molar-refractivity contribution in [2.75, 3.05) is 6.61 Å². The molecule has 0 aromatic carbocycles. The second-order valence-electron chi connectivity index (χ2n) is 4.02. The highest BCUT2D eigenvalue weighted by atomic mass is 35.5. The Balaban J connectivity index is 3.21. The molecule has 0 amide bonds. The Kier molecular flexibility index (Phi) is 4.08. The molecule has 1 rings (SSSR count). The van der Waals surface area contributed by atoms with Crippen molar-refractivity contribution < 1.29 is 9.53 Å². The number of hydrogen-bond donors (Lipinski definition) is 0. The van der Waals surface area contributed by atoms with Crippen molar-refractivity contribution >= 4 is 17.6 Å². The first-order valence-corrected chi connectivity index (χ1v) is 5.54. The van der Waals surface area contributed by atoms with Gasteiger partial charge in [0.25, 0.3) is 0 Å². The first kappa shape index (κ1) is 13.5. The van der Waals surface area contributed by atoms with Crippen molar-refractivity contribution in [3.8, 4) is 6.07 Å².